The van der Waals surface area contributed by atoms with E-state index in [9.17, 15) is 20.4 Å². The largest absolute Gasteiger partial charge is 0.505 e. The first kappa shape index (κ1) is 14.9. The summed E-state index contributed by atoms with van der Waals surface area (Å²) in [5, 5.41) is 38.7. The molecule has 1 rings (SSSR count). The molecule has 1 atom stereocenters. The molecule has 0 aliphatic heterocycles. The molecular formula is C8H16B5NO4. The van der Waals surface area contributed by atoms with Gasteiger partial charge in [0.15, 0.2) is 17.2 Å². The fourth-order valence-electron chi connectivity index (χ4n) is 2.04. The van der Waals surface area contributed by atoms with E-state index in [4.69, 9.17) is 5.73 Å². The van der Waals surface area contributed by atoms with Crippen molar-refractivity contribution in [3.63, 3.8) is 0 Å². The van der Waals surface area contributed by atoms with E-state index in [0.717, 1.165) is 0 Å². The van der Waals surface area contributed by atoms with Crippen molar-refractivity contribution in [2.45, 2.75) is 10.8 Å². The Kier molecular flexibility index (Phi) is 3.49. The predicted molar refractivity (Wildman–Crippen MR) is 84.2 cm³/mol. The summed E-state index contributed by atoms with van der Waals surface area (Å²) in [6.45, 7) is 0. The summed E-state index contributed by atoms with van der Waals surface area (Å²) < 4.78 is 0. The number of hydrogen-bond donors (Lipinski definition) is 5. The standard InChI is InChI=1S/C8H16B5NO4/c9-2-1(7(11,18)8(12,13)14)3(10)5(16)6(17)4(2)15/h15-18H,9-14H2/t7-/m1/s1. The molecule has 1 aromatic rings. The maximum atomic E-state index is 10.6. The third kappa shape index (κ3) is 1.99. The number of aromatic hydroxyl groups is 3. The first-order chi connectivity index (χ1) is 7.93. The minimum absolute atomic E-state index is 0.298. The van der Waals surface area contributed by atoms with E-state index in [1.165, 1.54) is 7.85 Å². The molecule has 6 N–H and O–H groups in total. The molecule has 0 aromatic heterocycles. The summed E-state index contributed by atoms with van der Waals surface area (Å²) in [6, 6.07) is 0. The van der Waals surface area contributed by atoms with Crippen molar-refractivity contribution in [1.29, 1.82) is 0 Å². The monoisotopic (exact) mass is 245 g/mol. The highest BCUT2D eigenvalue weighted by atomic mass is 16.3. The van der Waals surface area contributed by atoms with Crippen LogP contribution in [0, 0.1) is 0 Å². The molecular weight excluding hydrogens is 228 g/mol. The highest BCUT2D eigenvalue weighted by molar-refractivity contribution is 6.48. The number of rotatable bonds is 2. The Hall–Kier alpha value is -1.14. The molecule has 92 valence electrons. The van der Waals surface area contributed by atoms with Gasteiger partial charge in [-0.25, -0.2) is 0 Å². The Bertz CT molecular complexity index is 470. The fraction of sp³-hybridized carbons (Fsp3) is 0.250. The third-order valence-corrected chi connectivity index (χ3v) is 3.65. The van der Waals surface area contributed by atoms with E-state index in [2.05, 4.69) is 0 Å². The van der Waals surface area contributed by atoms with Gasteiger partial charge in [0.05, 0.1) is 5.50 Å². The molecule has 0 saturated carbocycles. The molecule has 5 nitrogen and oxygen atoms in total. The molecule has 18 heavy (non-hydrogen) atoms. The topological polar surface area (TPSA) is 107 Å². The maximum Gasteiger partial charge on any atom is 0.199 e. The lowest BCUT2D eigenvalue weighted by Crippen LogP contribution is -2.63. The van der Waals surface area contributed by atoms with Crippen LogP contribution in [0.4, 0.5) is 0 Å². The predicted octanol–water partition coefficient (Wildman–Crippen LogP) is -7.02. The maximum absolute atomic E-state index is 10.6. The van der Waals surface area contributed by atoms with Crippen LogP contribution in [0.15, 0.2) is 0 Å². The number of benzene rings is 1. The molecule has 0 fully saturated rings. The van der Waals surface area contributed by atoms with Crippen molar-refractivity contribution >= 4 is 50.2 Å². The van der Waals surface area contributed by atoms with Gasteiger partial charge in [-0.15, -0.1) is 0 Å². The van der Waals surface area contributed by atoms with Gasteiger partial charge in [0.2, 0.25) is 0 Å². The van der Waals surface area contributed by atoms with Crippen molar-refractivity contribution in [3.05, 3.63) is 5.56 Å². The number of phenolic OH excluding ortho intramolecular Hbond substituents is 3. The van der Waals surface area contributed by atoms with Gasteiger partial charge in [0, 0.05) is 0 Å². The number of nitrogens with two attached hydrogens (primary N) is 1. The Balaban J connectivity index is 3.72. The molecule has 0 bridgehead atoms. The van der Waals surface area contributed by atoms with E-state index in [1.807, 2.05) is 0 Å². The normalized spacial score (nSPS) is 15.2. The minimum Gasteiger partial charge on any atom is -0.505 e. The first-order valence-corrected chi connectivity index (χ1v) is 5.68. The quantitative estimate of drug-likeness (QED) is 0.262. The second-order valence-electron chi connectivity index (χ2n) is 5.46. The minimum atomic E-state index is -1.47. The summed E-state index contributed by atoms with van der Waals surface area (Å²) in [7, 11) is 7.91. The van der Waals surface area contributed by atoms with Crippen LogP contribution in [-0.2, 0) is 5.50 Å². The van der Waals surface area contributed by atoms with Gasteiger partial charge in [-0.05, 0) is 21.8 Å². The van der Waals surface area contributed by atoms with Gasteiger partial charge in [-0.1, -0.05) is 0 Å². The summed E-state index contributed by atoms with van der Waals surface area (Å²) >= 11 is 0. The Morgan fingerprint density at radius 3 is 1.44 bits per heavy atom. The Morgan fingerprint density at radius 2 is 1.17 bits per heavy atom. The molecule has 0 amide bonds. The average molecular weight is 244 g/mol. The third-order valence-electron chi connectivity index (χ3n) is 3.65. The zero-order chi connectivity index (χ0) is 14.5. The highest BCUT2D eigenvalue weighted by Crippen LogP contribution is 2.35. The zero-order valence-electron chi connectivity index (χ0n) is 11.4. The van der Waals surface area contributed by atoms with Crippen LogP contribution in [0.1, 0.15) is 5.56 Å². The van der Waals surface area contributed by atoms with E-state index in [0.29, 0.717) is 16.5 Å². The van der Waals surface area contributed by atoms with Crippen LogP contribution < -0.4 is 16.7 Å². The number of hydrogen-bond acceptors (Lipinski definition) is 5. The second-order valence-corrected chi connectivity index (χ2v) is 5.46. The molecule has 1 aromatic carbocycles. The van der Waals surface area contributed by atoms with Crippen LogP contribution in [0.3, 0.4) is 0 Å². The van der Waals surface area contributed by atoms with E-state index < -0.39 is 28.1 Å². The van der Waals surface area contributed by atoms with Crippen LogP contribution in [0.2, 0.25) is 0 Å². The van der Waals surface area contributed by atoms with E-state index >= 15 is 0 Å². The lowest BCUT2D eigenvalue weighted by Gasteiger charge is -2.40. The zero-order valence-corrected chi connectivity index (χ0v) is 11.4. The summed E-state index contributed by atoms with van der Waals surface area (Å²) in [6.07, 6.45) is 0. The molecule has 0 radical (unpaired) electrons. The lowest BCUT2D eigenvalue weighted by molar-refractivity contribution is 0.111. The van der Waals surface area contributed by atoms with Gasteiger partial charge < -0.3 is 26.2 Å². The summed E-state index contributed by atoms with van der Waals surface area (Å²) in [4.78, 5) is 0. The van der Waals surface area contributed by atoms with Gasteiger partial charge in [0.25, 0.3) is 0 Å². The van der Waals surface area contributed by atoms with Crippen LogP contribution >= 0.6 is 0 Å². The smallest absolute Gasteiger partial charge is 0.199 e. The van der Waals surface area contributed by atoms with E-state index in [1.54, 1.807) is 31.4 Å². The van der Waals surface area contributed by atoms with Gasteiger partial charge in [-0.2, -0.15) is 0 Å². The van der Waals surface area contributed by atoms with Crippen molar-refractivity contribution in [3.8, 4) is 17.2 Å². The Morgan fingerprint density at radius 1 is 0.833 bits per heavy atom. The van der Waals surface area contributed by atoms with E-state index in [-0.39, 0.29) is 0 Å². The second kappa shape index (κ2) is 4.21. The lowest BCUT2D eigenvalue weighted by atomic mass is 9.44. The van der Waals surface area contributed by atoms with Crippen LogP contribution in [-0.4, -0.2) is 65.0 Å². The van der Waals surface area contributed by atoms with Gasteiger partial charge in [-0.3, -0.25) is 0 Å². The first-order valence-electron chi connectivity index (χ1n) is 5.68. The fourth-order valence-corrected chi connectivity index (χ4v) is 2.04. The molecule has 0 aliphatic rings. The molecule has 0 heterocycles. The summed E-state index contributed by atoms with van der Waals surface area (Å²) in [5.41, 5.74) is 5.39. The highest BCUT2D eigenvalue weighted by Gasteiger charge is 2.40. The average Bonchev–Trinajstić information content (AvgIpc) is 2.22. The van der Waals surface area contributed by atoms with Crippen molar-refractivity contribution in [1.82, 2.24) is 0 Å². The van der Waals surface area contributed by atoms with Crippen molar-refractivity contribution in [2.24, 2.45) is 5.73 Å². The Labute approximate surface area is 110 Å². The van der Waals surface area contributed by atoms with Gasteiger partial charge >= 0.3 is 0 Å². The SMILES string of the molecule is Bc1c(O)c(O)c(O)c(B)c1[C@@](B)(O)C(B)(B)N. The molecule has 0 aliphatic carbocycles. The molecule has 0 saturated heterocycles. The van der Waals surface area contributed by atoms with Crippen LogP contribution in [0.25, 0.3) is 0 Å². The molecule has 0 unspecified atom stereocenters. The summed E-state index contributed by atoms with van der Waals surface area (Å²) in [5.74, 6) is -1.48. The molecule has 0 spiro atoms. The van der Waals surface area contributed by atoms with Gasteiger partial charge in [0.1, 0.15) is 39.2 Å². The van der Waals surface area contributed by atoms with Crippen molar-refractivity contribution < 1.29 is 20.4 Å². The van der Waals surface area contributed by atoms with Crippen molar-refractivity contribution in [2.75, 3.05) is 0 Å². The number of phenols is 3. The molecule has 10 heteroatoms. The van der Waals surface area contributed by atoms with Crippen LogP contribution in [0.5, 0.6) is 17.2 Å². The number of aliphatic hydroxyl groups is 1.